The Morgan fingerprint density at radius 2 is 1.76 bits per heavy atom. The molecule has 2 atom stereocenters. The largest absolute Gasteiger partial charge is 0.481 e. The number of β-amino-alcohol motifs (C(OH)–C–C–N with tert-alkyl or cyclic N) is 1. The molecule has 6 heteroatoms. The summed E-state index contributed by atoms with van der Waals surface area (Å²) in [6, 6.07) is 0. The van der Waals surface area contributed by atoms with Crippen LogP contribution in [0, 0.1) is 0 Å². The van der Waals surface area contributed by atoms with Crippen LogP contribution in [0.2, 0.25) is 0 Å². The number of nitrogens with zero attached hydrogens (tertiary/aromatic N) is 1. The van der Waals surface area contributed by atoms with Gasteiger partial charge >= 0.3 is 5.97 Å². The molecule has 0 bridgehead atoms. The molecule has 1 fully saturated rings. The Kier molecular flexibility index (Phi) is 5.37. The zero-order valence-electron chi connectivity index (χ0n) is 9.71. The van der Waals surface area contributed by atoms with Crippen LogP contribution >= 0.6 is 0 Å². The van der Waals surface area contributed by atoms with Gasteiger partial charge in [0.25, 0.3) is 0 Å². The van der Waals surface area contributed by atoms with Gasteiger partial charge in [-0.3, -0.25) is 9.59 Å². The summed E-state index contributed by atoms with van der Waals surface area (Å²) in [5.41, 5.74) is 0. The SMILES string of the molecule is O=C(O)CCCCC(=O)N1CC[C@@H](O)[C@@H](O)C1. The van der Waals surface area contributed by atoms with E-state index in [0.717, 1.165) is 0 Å². The highest BCUT2D eigenvalue weighted by Gasteiger charge is 2.28. The zero-order valence-corrected chi connectivity index (χ0v) is 9.71. The minimum atomic E-state index is -0.869. The van der Waals surface area contributed by atoms with Gasteiger partial charge in [-0.25, -0.2) is 0 Å². The van der Waals surface area contributed by atoms with Gasteiger partial charge in [-0.1, -0.05) is 0 Å². The quantitative estimate of drug-likeness (QED) is 0.572. The van der Waals surface area contributed by atoms with E-state index in [4.69, 9.17) is 5.11 Å². The Bertz CT molecular complexity index is 281. The minimum Gasteiger partial charge on any atom is -0.481 e. The molecule has 1 rings (SSSR count). The van der Waals surface area contributed by atoms with E-state index in [9.17, 15) is 19.8 Å². The second-order valence-electron chi connectivity index (χ2n) is 4.36. The molecule has 0 spiro atoms. The topological polar surface area (TPSA) is 98.1 Å². The van der Waals surface area contributed by atoms with Crippen molar-refractivity contribution in [3.05, 3.63) is 0 Å². The second kappa shape index (κ2) is 6.56. The molecule has 0 aliphatic carbocycles. The zero-order chi connectivity index (χ0) is 12.8. The van der Waals surface area contributed by atoms with Crippen molar-refractivity contribution in [1.82, 2.24) is 4.90 Å². The van der Waals surface area contributed by atoms with Crippen LogP contribution in [0.4, 0.5) is 0 Å². The fraction of sp³-hybridized carbons (Fsp3) is 0.818. The molecular weight excluding hydrogens is 226 g/mol. The summed E-state index contributed by atoms with van der Waals surface area (Å²) in [5, 5.41) is 27.2. The lowest BCUT2D eigenvalue weighted by molar-refractivity contribution is -0.139. The third-order valence-electron chi connectivity index (χ3n) is 2.93. The van der Waals surface area contributed by atoms with Gasteiger partial charge in [0.1, 0.15) is 0 Å². The van der Waals surface area contributed by atoms with Crippen LogP contribution in [0.1, 0.15) is 32.1 Å². The fourth-order valence-electron chi connectivity index (χ4n) is 1.86. The van der Waals surface area contributed by atoms with Crippen molar-refractivity contribution in [2.75, 3.05) is 13.1 Å². The molecule has 0 aromatic rings. The number of aliphatic hydroxyl groups is 2. The standard InChI is InChI=1S/C11H19NO5/c13-8-5-6-12(7-9(8)14)10(15)3-1-2-4-11(16)17/h8-9,13-14H,1-7H2,(H,16,17)/t8-,9+/m1/s1. The smallest absolute Gasteiger partial charge is 0.303 e. The number of amides is 1. The Morgan fingerprint density at radius 3 is 2.35 bits per heavy atom. The summed E-state index contributed by atoms with van der Waals surface area (Å²) in [5.74, 6) is -0.935. The maximum Gasteiger partial charge on any atom is 0.303 e. The number of piperidine rings is 1. The van der Waals surface area contributed by atoms with E-state index in [-0.39, 0.29) is 18.9 Å². The maximum atomic E-state index is 11.7. The third kappa shape index (κ3) is 4.70. The highest BCUT2D eigenvalue weighted by Crippen LogP contribution is 2.13. The molecule has 1 amide bonds. The highest BCUT2D eigenvalue weighted by atomic mass is 16.4. The van der Waals surface area contributed by atoms with Gasteiger partial charge in [0.05, 0.1) is 12.2 Å². The van der Waals surface area contributed by atoms with Gasteiger partial charge in [0, 0.05) is 25.9 Å². The minimum absolute atomic E-state index is 0.0780. The van der Waals surface area contributed by atoms with Crippen molar-refractivity contribution in [3.63, 3.8) is 0 Å². The van der Waals surface area contributed by atoms with Gasteiger partial charge in [-0.15, -0.1) is 0 Å². The first-order valence-corrected chi connectivity index (χ1v) is 5.86. The third-order valence-corrected chi connectivity index (χ3v) is 2.93. The van der Waals surface area contributed by atoms with E-state index in [1.54, 1.807) is 0 Å². The first-order chi connectivity index (χ1) is 8.00. The molecule has 0 saturated carbocycles. The summed E-state index contributed by atoms with van der Waals surface area (Å²) < 4.78 is 0. The number of carboxylic acid groups (broad SMARTS) is 1. The predicted octanol–water partition coefficient (Wildman–Crippen LogP) is -0.415. The Hall–Kier alpha value is -1.14. The molecular formula is C11H19NO5. The molecule has 3 N–H and O–H groups in total. The lowest BCUT2D eigenvalue weighted by Gasteiger charge is -2.33. The van der Waals surface area contributed by atoms with Crippen molar-refractivity contribution >= 4 is 11.9 Å². The van der Waals surface area contributed by atoms with Crippen LogP contribution in [-0.2, 0) is 9.59 Å². The van der Waals surface area contributed by atoms with Crippen molar-refractivity contribution in [2.24, 2.45) is 0 Å². The molecule has 1 saturated heterocycles. The monoisotopic (exact) mass is 245 g/mol. The second-order valence-corrected chi connectivity index (χ2v) is 4.36. The fourth-order valence-corrected chi connectivity index (χ4v) is 1.86. The molecule has 6 nitrogen and oxygen atoms in total. The van der Waals surface area contributed by atoms with Crippen LogP contribution in [0.3, 0.4) is 0 Å². The number of hydrogen-bond acceptors (Lipinski definition) is 4. The van der Waals surface area contributed by atoms with Gasteiger partial charge in [-0.05, 0) is 19.3 Å². The summed E-state index contributed by atoms with van der Waals surface area (Å²) >= 11 is 0. The highest BCUT2D eigenvalue weighted by molar-refractivity contribution is 5.76. The number of aliphatic carboxylic acids is 1. The van der Waals surface area contributed by atoms with Gasteiger partial charge in [-0.2, -0.15) is 0 Å². The average molecular weight is 245 g/mol. The van der Waals surface area contributed by atoms with Gasteiger partial charge in [0.15, 0.2) is 0 Å². The number of carbonyl (C=O) groups excluding carboxylic acids is 1. The average Bonchev–Trinajstić information content (AvgIpc) is 2.27. The molecule has 0 aromatic heterocycles. The molecule has 0 aromatic carbocycles. The van der Waals surface area contributed by atoms with Crippen molar-refractivity contribution in [3.8, 4) is 0 Å². The molecule has 0 radical (unpaired) electrons. The molecule has 17 heavy (non-hydrogen) atoms. The predicted molar refractivity (Wildman–Crippen MR) is 59.3 cm³/mol. The molecule has 0 unspecified atom stereocenters. The first-order valence-electron chi connectivity index (χ1n) is 5.86. The number of likely N-dealkylation sites (tertiary alicyclic amines) is 1. The van der Waals surface area contributed by atoms with Crippen LogP contribution in [0.5, 0.6) is 0 Å². The van der Waals surface area contributed by atoms with E-state index in [0.29, 0.717) is 32.2 Å². The number of carboxylic acids is 1. The lowest BCUT2D eigenvalue weighted by Crippen LogP contribution is -2.48. The van der Waals surface area contributed by atoms with Gasteiger partial charge < -0.3 is 20.2 Å². The van der Waals surface area contributed by atoms with Crippen molar-refractivity contribution < 1.29 is 24.9 Å². The van der Waals surface area contributed by atoms with Crippen LogP contribution < -0.4 is 0 Å². The molecule has 1 aliphatic heterocycles. The maximum absolute atomic E-state index is 11.7. The number of hydrogen-bond donors (Lipinski definition) is 3. The Labute approximate surface area is 99.8 Å². The van der Waals surface area contributed by atoms with Crippen LogP contribution in [-0.4, -0.2) is 57.4 Å². The number of aliphatic hydroxyl groups excluding tert-OH is 2. The number of unbranched alkanes of at least 4 members (excludes halogenated alkanes) is 1. The Balaban J connectivity index is 2.21. The van der Waals surface area contributed by atoms with E-state index >= 15 is 0 Å². The summed E-state index contributed by atoms with van der Waals surface area (Å²) in [6.07, 6.45) is 0.186. The van der Waals surface area contributed by atoms with Gasteiger partial charge in [0.2, 0.25) is 5.91 Å². The van der Waals surface area contributed by atoms with E-state index < -0.39 is 18.2 Å². The van der Waals surface area contributed by atoms with Crippen LogP contribution in [0.15, 0.2) is 0 Å². The molecule has 1 heterocycles. The van der Waals surface area contributed by atoms with E-state index in [1.165, 1.54) is 4.90 Å². The van der Waals surface area contributed by atoms with Crippen molar-refractivity contribution in [1.29, 1.82) is 0 Å². The molecule has 1 aliphatic rings. The summed E-state index contributed by atoms with van der Waals surface area (Å²) in [7, 11) is 0. The summed E-state index contributed by atoms with van der Waals surface area (Å²) in [6.45, 7) is 0.620. The van der Waals surface area contributed by atoms with E-state index in [1.807, 2.05) is 0 Å². The van der Waals surface area contributed by atoms with Crippen LogP contribution in [0.25, 0.3) is 0 Å². The Morgan fingerprint density at radius 1 is 1.12 bits per heavy atom. The molecule has 98 valence electrons. The summed E-state index contributed by atoms with van der Waals surface area (Å²) in [4.78, 5) is 23.5. The number of carbonyl (C=O) groups is 2. The normalized spacial score (nSPS) is 24.7. The lowest BCUT2D eigenvalue weighted by atomic mass is 10.0. The number of rotatable bonds is 5. The van der Waals surface area contributed by atoms with Crippen molar-refractivity contribution in [2.45, 2.75) is 44.3 Å². The van der Waals surface area contributed by atoms with E-state index in [2.05, 4.69) is 0 Å². The first kappa shape index (κ1) is 13.9.